The Hall–Kier alpha value is -1.20. The number of aromatic nitrogens is 2. The third-order valence-corrected chi connectivity index (χ3v) is 3.40. The van der Waals surface area contributed by atoms with Crippen molar-refractivity contribution in [2.24, 2.45) is 0 Å². The third-order valence-electron chi connectivity index (χ3n) is 3.40. The summed E-state index contributed by atoms with van der Waals surface area (Å²) in [6.07, 6.45) is 1.10. The molecule has 1 fully saturated rings. The van der Waals surface area contributed by atoms with Crippen LogP contribution in [0, 0.1) is 0 Å². The molecule has 0 saturated carbocycles. The highest BCUT2D eigenvalue weighted by atomic mass is 16.3. The van der Waals surface area contributed by atoms with Crippen molar-refractivity contribution in [1.82, 2.24) is 14.9 Å². The molecule has 1 aromatic heterocycles. The van der Waals surface area contributed by atoms with E-state index >= 15 is 0 Å². The average molecular weight is 250 g/mol. The monoisotopic (exact) mass is 250 g/mol. The van der Waals surface area contributed by atoms with Crippen LogP contribution < -0.4 is 4.90 Å². The van der Waals surface area contributed by atoms with Crippen LogP contribution in [0.2, 0.25) is 0 Å². The van der Waals surface area contributed by atoms with Gasteiger partial charge in [0.2, 0.25) is 0 Å². The van der Waals surface area contributed by atoms with Gasteiger partial charge in [0.05, 0.1) is 0 Å². The molecule has 5 nitrogen and oxygen atoms in total. The predicted molar refractivity (Wildman–Crippen MR) is 71.6 cm³/mol. The number of hydrogen-bond donors (Lipinski definition) is 1. The predicted octanol–water partition coefficient (Wildman–Crippen LogP) is 1.06. The summed E-state index contributed by atoms with van der Waals surface area (Å²) < 4.78 is 0. The van der Waals surface area contributed by atoms with E-state index in [0.29, 0.717) is 17.9 Å². The van der Waals surface area contributed by atoms with Crippen LogP contribution in [0.3, 0.4) is 0 Å². The third kappa shape index (κ3) is 2.62. The first-order chi connectivity index (χ1) is 8.49. The lowest BCUT2D eigenvalue weighted by Crippen LogP contribution is -2.56. The number of rotatable bonds is 2. The van der Waals surface area contributed by atoms with Crippen molar-refractivity contribution >= 4 is 5.82 Å². The van der Waals surface area contributed by atoms with Crippen molar-refractivity contribution in [2.45, 2.75) is 39.0 Å². The second kappa shape index (κ2) is 5.20. The van der Waals surface area contributed by atoms with E-state index in [-0.39, 0.29) is 0 Å². The Morgan fingerprint density at radius 1 is 1.33 bits per heavy atom. The number of likely N-dealkylation sites (N-methyl/N-ethyl adjacent to an activating group) is 1. The Morgan fingerprint density at radius 3 is 2.50 bits per heavy atom. The molecule has 3 atom stereocenters. The Balaban J connectivity index is 2.27. The molecule has 0 bridgehead atoms. The second-order valence-corrected chi connectivity index (χ2v) is 5.28. The standard InChI is InChI=1S/C13H22N4O/c1-9-7-16(4)8-10(2)17(9)12-5-6-14-13(15-12)11(3)18/h5-6,9-11,18H,7-8H2,1-4H3. The number of piperazine rings is 1. The highest BCUT2D eigenvalue weighted by Crippen LogP contribution is 2.22. The van der Waals surface area contributed by atoms with E-state index in [2.05, 4.69) is 40.7 Å². The molecule has 0 aromatic carbocycles. The van der Waals surface area contributed by atoms with Crippen molar-refractivity contribution in [2.75, 3.05) is 25.0 Å². The van der Waals surface area contributed by atoms with E-state index in [0.717, 1.165) is 18.9 Å². The molecule has 0 amide bonds. The van der Waals surface area contributed by atoms with E-state index in [1.807, 2.05) is 6.07 Å². The summed E-state index contributed by atoms with van der Waals surface area (Å²) in [6.45, 7) is 8.15. The fourth-order valence-corrected chi connectivity index (χ4v) is 2.75. The second-order valence-electron chi connectivity index (χ2n) is 5.28. The van der Waals surface area contributed by atoms with Crippen LogP contribution in [0.5, 0.6) is 0 Å². The topological polar surface area (TPSA) is 52.5 Å². The lowest BCUT2D eigenvalue weighted by molar-refractivity contribution is 0.188. The summed E-state index contributed by atoms with van der Waals surface area (Å²) in [5.74, 6) is 1.40. The molecule has 5 heteroatoms. The number of nitrogens with zero attached hydrogens (tertiary/aromatic N) is 4. The molecule has 1 N–H and O–H groups in total. The maximum absolute atomic E-state index is 9.57. The first-order valence-corrected chi connectivity index (χ1v) is 6.47. The maximum atomic E-state index is 9.57. The molecular weight excluding hydrogens is 228 g/mol. The zero-order valence-corrected chi connectivity index (χ0v) is 11.5. The van der Waals surface area contributed by atoms with Crippen molar-refractivity contribution < 1.29 is 5.11 Å². The fourth-order valence-electron chi connectivity index (χ4n) is 2.75. The van der Waals surface area contributed by atoms with Crippen LogP contribution in [0.4, 0.5) is 5.82 Å². The lowest BCUT2D eigenvalue weighted by Gasteiger charge is -2.44. The van der Waals surface area contributed by atoms with Gasteiger partial charge in [-0.05, 0) is 33.9 Å². The van der Waals surface area contributed by atoms with E-state index in [1.165, 1.54) is 0 Å². The normalized spacial score (nSPS) is 27.3. The molecule has 18 heavy (non-hydrogen) atoms. The summed E-state index contributed by atoms with van der Waals surface area (Å²) in [5.41, 5.74) is 0. The summed E-state index contributed by atoms with van der Waals surface area (Å²) in [5, 5.41) is 9.57. The van der Waals surface area contributed by atoms with Gasteiger partial charge in [0.15, 0.2) is 5.82 Å². The first kappa shape index (κ1) is 13.2. The number of aliphatic hydroxyl groups excluding tert-OH is 1. The molecule has 0 aliphatic carbocycles. The first-order valence-electron chi connectivity index (χ1n) is 6.47. The average Bonchev–Trinajstić information content (AvgIpc) is 2.28. The minimum Gasteiger partial charge on any atom is -0.385 e. The smallest absolute Gasteiger partial charge is 0.158 e. The van der Waals surface area contributed by atoms with Gasteiger partial charge in [-0.15, -0.1) is 0 Å². The van der Waals surface area contributed by atoms with Gasteiger partial charge in [0.1, 0.15) is 11.9 Å². The minimum absolute atomic E-state index is 0.412. The Kier molecular flexibility index (Phi) is 3.82. The number of anilines is 1. The molecule has 1 aromatic rings. The minimum atomic E-state index is -0.622. The van der Waals surface area contributed by atoms with Gasteiger partial charge < -0.3 is 14.9 Å². The van der Waals surface area contributed by atoms with Gasteiger partial charge in [-0.3, -0.25) is 0 Å². The quantitative estimate of drug-likeness (QED) is 0.850. The van der Waals surface area contributed by atoms with Crippen molar-refractivity contribution in [3.63, 3.8) is 0 Å². The van der Waals surface area contributed by atoms with Crippen LogP contribution in [-0.4, -0.2) is 52.2 Å². The largest absolute Gasteiger partial charge is 0.385 e. The summed E-state index contributed by atoms with van der Waals surface area (Å²) in [4.78, 5) is 13.2. The van der Waals surface area contributed by atoms with Crippen LogP contribution in [-0.2, 0) is 0 Å². The lowest BCUT2D eigenvalue weighted by atomic mass is 10.1. The SMILES string of the molecule is CC(O)c1nccc(N2C(C)CN(C)CC2C)n1. The van der Waals surface area contributed by atoms with E-state index in [9.17, 15) is 5.11 Å². The molecule has 100 valence electrons. The van der Waals surface area contributed by atoms with Gasteiger partial charge in [-0.2, -0.15) is 0 Å². The van der Waals surface area contributed by atoms with Gasteiger partial charge in [0.25, 0.3) is 0 Å². The summed E-state index contributed by atoms with van der Waals surface area (Å²) >= 11 is 0. The molecule has 1 aliphatic heterocycles. The molecular formula is C13H22N4O. The van der Waals surface area contributed by atoms with Crippen LogP contribution >= 0.6 is 0 Å². The summed E-state index contributed by atoms with van der Waals surface area (Å²) in [6, 6.07) is 2.75. The molecule has 1 saturated heterocycles. The van der Waals surface area contributed by atoms with Crippen molar-refractivity contribution in [3.8, 4) is 0 Å². The number of aliphatic hydroxyl groups is 1. The number of hydrogen-bond acceptors (Lipinski definition) is 5. The van der Waals surface area contributed by atoms with Gasteiger partial charge >= 0.3 is 0 Å². The fraction of sp³-hybridized carbons (Fsp3) is 0.692. The van der Waals surface area contributed by atoms with Gasteiger partial charge in [0, 0.05) is 31.4 Å². The van der Waals surface area contributed by atoms with Gasteiger partial charge in [-0.25, -0.2) is 9.97 Å². The molecule has 2 rings (SSSR count). The molecule has 1 aliphatic rings. The Morgan fingerprint density at radius 2 is 1.94 bits per heavy atom. The van der Waals surface area contributed by atoms with Crippen LogP contribution in [0.25, 0.3) is 0 Å². The molecule has 2 heterocycles. The van der Waals surface area contributed by atoms with Crippen molar-refractivity contribution in [1.29, 1.82) is 0 Å². The zero-order valence-electron chi connectivity index (χ0n) is 11.5. The Bertz CT molecular complexity index is 398. The van der Waals surface area contributed by atoms with E-state index in [1.54, 1.807) is 13.1 Å². The molecule has 3 unspecified atom stereocenters. The zero-order chi connectivity index (χ0) is 13.3. The highest BCUT2D eigenvalue weighted by molar-refractivity contribution is 5.41. The molecule has 0 radical (unpaired) electrons. The summed E-state index contributed by atoms with van der Waals surface area (Å²) in [7, 11) is 2.14. The van der Waals surface area contributed by atoms with E-state index < -0.39 is 6.10 Å². The van der Waals surface area contributed by atoms with Crippen LogP contribution in [0.1, 0.15) is 32.7 Å². The Labute approximate surface area is 108 Å². The highest BCUT2D eigenvalue weighted by Gasteiger charge is 2.28. The van der Waals surface area contributed by atoms with Crippen LogP contribution in [0.15, 0.2) is 12.3 Å². The van der Waals surface area contributed by atoms with Crippen molar-refractivity contribution in [3.05, 3.63) is 18.1 Å². The van der Waals surface area contributed by atoms with E-state index in [4.69, 9.17) is 0 Å². The van der Waals surface area contributed by atoms with Gasteiger partial charge in [-0.1, -0.05) is 0 Å². The maximum Gasteiger partial charge on any atom is 0.158 e. The molecule has 0 spiro atoms.